The molecule has 0 aliphatic rings. The first kappa shape index (κ1) is 41.1. The Morgan fingerprint density at radius 1 is 0.889 bits per heavy atom. The molecule has 0 fully saturated rings. The van der Waals surface area contributed by atoms with Gasteiger partial charge in [-0.1, -0.05) is 0 Å². The van der Waals surface area contributed by atoms with E-state index >= 15 is 0 Å². The van der Waals surface area contributed by atoms with E-state index in [2.05, 4.69) is 0 Å². The van der Waals surface area contributed by atoms with Crippen LogP contribution >= 0.6 is 0 Å². The van der Waals surface area contributed by atoms with E-state index in [-0.39, 0.29) is 18.8 Å². The Labute approximate surface area is 45.8 Å². The van der Waals surface area contributed by atoms with Crippen LogP contribution in [0.5, 0.6) is 0 Å². The Morgan fingerprint density at radius 2 is 1.00 bits per heavy atom. The average Bonchev–Trinajstić information content (AvgIpc) is 1.38. The molecule has 0 N–H and O–H groups in total. The molecule has 62 valence electrons. The largest absolute Gasteiger partial charge is 0.298 e. The van der Waals surface area contributed by atoms with Gasteiger partial charge in [-0.05, 0) is 0 Å². The normalized spacial score (nSPS) is 3.89. The molecule has 0 aromatic carbocycles. The van der Waals surface area contributed by atoms with Gasteiger partial charge in [0.1, 0.15) is 0 Å². The quantitative estimate of drug-likeness (QED) is 0.479. The molecule has 0 aromatic heterocycles. The van der Waals surface area contributed by atoms with E-state index < -0.39 is 12.4 Å². The molecule has 0 radical (unpaired) electrons. The molecule has 0 nitrogen and oxygen atoms in total. The minimum atomic E-state index is -2.29. The first-order valence-corrected chi connectivity index (χ1v) is 0.885. The summed E-state index contributed by atoms with van der Waals surface area (Å²) in [6.07, 6.45) is -3.04. The van der Waals surface area contributed by atoms with Gasteiger partial charge in [0, 0.05) is 0 Å². The van der Waals surface area contributed by atoms with Crippen molar-refractivity contribution >= 4 is 0 Å². The van der Waals surface area contributed by atoms with Gasteiger partial charge in [-0.3, -0.25) is 18.8 Å². The standard InChI is InChI=1S/C2HF3.4FH/c3-1-2(4)5;;;;/h1H;4*1H. The maximum atomic E-state index is 10.2. The van der Waals surface area contributed by atoms with Gasteiger partial charge in [-0.15, -0.1) is 0 Å². The molecule has 0 unspecified atom stereocenters. The molecule has 9 heavy (non-hydrogen) atoms. The summed E-state index contributed by atoms with van der Waals surface area (Å²) in [6.45, 7) is 0. The average molecular weight is 162 g/mol. The second-order valence-electron chi connectivity index (χ2n) is 0.399. The molecule has 0 saturated heterocycles. The monoisotopic (exact) mass is 162 g/mol. The Morgan fingerprint density at radius 3 is 1.00 bits per heavy atom. The number of hydrogen-bond donors (Lipinski definition) is 0. The van der Waals surface area contributed by atoms with Crippen LogP contribution in [0, 0.1) is 0 Å². The highest BCUT2D eigenvalue weighted by atomic mass is 19.3. The lowest BCUT2D eigenvalue weighted by Crippen LogP contribution is -1.42. The van der Waals surface area contributed by atoms with E-state index in [9.17, 15) is 13.2 Å². The van der Waals surface area contributed by atoms with E-state index in [1.54, 1.807) is 0 Å². The van der Waals surface area contributed by atoms with Crippen LogP contribution in [-0.4, -0.2) is 0 Å². The summed E-state index contributed by atoms with van der Waals surface area (Å²) >= 11 is 0. The second kappa shape index (κ2) is 26.8. The summed E-state index contributed by atoms with van der Waals surface area (Å²) in [5.41, 5.74) is 0. The van der Waals surface area contributed by atoms with Crippen molar-refractivity contribution in [2.45, 2.75) is 0 Å². The molecule has 0 heterocycles. The zero-order chi connectivity index (χ0) is 4.28. The molecule has 0 bridgehead atoms. The Kier molecular flexibility index (Phi) is 122. The molecule has 0 saturated carbocycles. The van der Waals surface area contributed by atoms with Gasteiger partial charge in [0.15, 0.2) is 6.33 Å². The van der Waals surface area contributed by atoms with Crippen LogP contribution in [0.2, 0.25) is 0 Å². The number of rotatable bonds is 0. The van der Waals surface area contributed by atoms with Gasteiger partial charge >= 0.3 is 0 Å². The molecular formula is C2H5F7. The molecule has 0 aliphatic heterocycles. The Hall–Kier alpha value is -0.750. The third kappa shape index (κ3) is 128. The lowest BCUT2D eigenvalue weighted by Gasteiger charge is -1.59. The van der Waals surface area contributed by atoms with Crippen LogP contribution in [0.15, 0.2) is 12.4 Å². The lowest BCUT2D eigenvalue weighted by atomic mass is 11.1. The fraction of sp³-hybridized carbons (Fsp3) is 0. The molecule has 0 aliphatic carbocycles. The van der Waals surface area contributed by atoms with Crippen LogP contribution < -0.4 is 0 Å². The van der Waals surface area contributed by atoms with Gasteiger partial charge in [-0.25, -0.2) is 4.39 Å². The van der Waals surface area contributed by atoms with Crippen molar-refractivity contribution in [3.05, 3.63) is 12.4 Å². The summed E-state index contributed by atoms with van der Waals surface area (Å²) in [7, 11) is 0. The molecule has 0 rings (SSSR count). The minimum Gasteiger partial charge on any atom is -0.269 e. The Balaban J connectivity index is -0.0000000133. The fourth-order valence-electron chi connectivity index (χ4n) is 0. The zero-order valence-electron chi connectivity index (χ0n) is 3.84. The minimum absolute atomic E-state index is 0. The molecule has 0 spiro atoms. The summed E-state index contributed by atoms with van der Waals surface area (Å²) < 4.78 is 30.7. The highest BCUT2D eigenvalue weighted by Gasteiger charge is 1.78. The van der Waals surface area contributed by atoms with E-state index in [0.717, 1.165) is 0 Å². The zero-order valence-corrected chi connectivity index (χ0v) is 3.84. The van der Waals surface area contributed by atoms with Gasteiger partial charge in [0.05, 0.1) is 0 Å². The van der Waals surface area contributed by atoms with Crippen molar-refractivity contribution in [2.75, 3.05) is 0 Å². The highest BCUT2D eigenvalue weighted by molar-refractivity contribution is 4.66. The third-order valence-corrected chi connectivity index (χ3v) is 0.0825. The van der Waals surface area contributed by atoms with Crippen molar-refractivity contribution in [3.63, 3.8) is 0 Å². The Bertz CT molecular complexity index is 44.9. The van der Waals surface area contributed by atoms with E-state index in [0.29, 0.717) is 0 Å². The molecule has 0 amide bonds. The van der Waals surface area contributed by atoms with Crippen LogP contribution in [0.25, 0.3) is 0 Å². The molecule has 0 aromatic rings. The van der Waals surface area contributed by atoms with E-state index in [4.69, 9.17) is 0 Å². The van der Waals surface area contributed by atoms with Crippen molar-refractivity contribution < 1.29 is 32.0 Å². The SMILES string of the molecule is F.F.F.F.FC=C(F)F. The van der Waals surface area contributed by atoms with Gasteiger partial charge in [-0.2, -0.15) is 8.78 Å². The number of halogens is 7. The second-order valence-corrected chi connectivity index (χ2v) is 0.399. The van der Waals surface area contributed by atoms with Gasteiger partial charge in [0.2, 0.25) is 0 Å². The first-order chi connectivity index (χ1) is 2.27. The molecular weight excluding hydrogens is 157 g/mol. The summed E-state index contributed by atoms with van der Waals surface area (Å²) in [4.78, 5) is 0. The van der Waals surface area contributed by atoms with Crippen molar-refractivity contribution in [1.82, 2.24) is 0 Å². The smallest absolute Gasteiger partial charge is 0.269 e. The third-order valence-electron chi connectivity index (χ3n) is 0.0825. The van der Waals surface area contributed by atoms with Gasteiger partial charge < -0.3 is 0 Å². The van der Waals surface area contributed by atoms with Crippen LogP contribution in [-0.2, 0) is 0 Å². The van der Waals surface area contributed by atoms with Crippen molar-refractivity contribution in [1.29, 1.82) is 0 Å². The van der Waals surface area contributed by atoms with Crippen LogP contribution in [0.4, 0.5) is 32.0 Å². The summed E-state index contributed by atoms with van der Waals surface area (Å²) in [5.74, 6) is 0. The molecule has 7 heteroatoms. The predicted octanol–water partition coefficient (Wildman–Crippen LogP) is 2.30. The fourth-order valence-corrected chi connectivity index (χ4v) is 0. The van der Waals surface area contributed by atoms with E-state index in [1.165, 1.54) is 0 Å². The topological polar surface area (TPSA) is 0 Å². The first-order valence-electron chi connectivity index (χ1n) is 0.885. The maximum Gasteiger partial charge on any atom is 0.298 e. The molecule has 0 atom stereocenters. The van der Waals surface area contributed by atoms with Crippen molar-refractivity contribution in [2.24, 2.45) is 0 Å². The van der Waals surface area contributed by atoms with Crippen LogP contribution in [0.1, 0.15) is 0 Å². The van der Waals surface area contributed by atoms with E-state index in [1.807, 2.05) is 0 Å². The van der Waals surface area contributed by atoms with Crippen LogP contribution in [0.3, 0.4) is 0 Å². The van der Waals surface area contributed by atoms with Gasteiger partial charge in [0.25, 0.3) is 6.08 Å². The predicted molar refractivity (Wildman–Crippen MR) is 21.4 cm³/mol. The number of hydrogen-bond acceptors (Lipinski definition) is 0. The maximum absolute atomic E-state index is 10.2. The lowest BCUT2D eigenvalue weighted by molar-refractivity contribution is 0.400. The highest BCUT2D eigenvalue weighted by Crippen LogP contribution is 1.93. The summed E-state index contributed by atoms with van der Waals surface area (Å²) in [6, 6.07) is 0. The van der Waals surface area contributed by atoms with Crippen molar-refractivity contribution in [3.8, 4) is 0 Å². The summed E-state index contributed by atoms with van der Waals surface area (Å²) in [5, 5.41) is 0.